The Morgan fingerprint density at radius 3 is 0.938 bits per heavy atom. The standard InChI is InChI=1S/2C20H19N3O4S2.2C18H17N3O4S2/c1-18(9-21)8-20-17(25)22(12-4-5-12)19(2,28-29-20)16(24)23(20)15(18)11-3-6-13-14(7-11)27-10-26-13;1-4-7-22-17(25)20-9-18(2,10-21)15(23(20)16(24)19(22,3)28-29-20)12-5-6-13-14(8-12)27-11-26-13;2*1-16(8-19)7-18-15(23)20(3)17(2,26-27-18)14(22)21(18)13(16)10-4-5-11-12(6-10)25-9-24-11/h3,6-7,12,15H,4-5,8,10H2,1-2H3;4-6,8,15H,1,7,9,11H2,2-3H3;2*4-6,13H,7,9H2,1-3H3/t2*15?,18-,19-,20+;2*13-,16+,17-,18-/m1110/s1. The zero-order valence-corrected chi connectivity index (χ0v) is 68.6. The first kappa shape index (κ1) is 74.9. The molecule has 0 N–H and O–H groups in total. The van der Waals surface area contributed by atoms with Crippen molar-refractivity contribution in [1.82, 2.24) is 39.2 Å². The number of fused-ring (bicyclic) bond motifs is 12. The van der Waals surface area contributed by atoms with Crippen LogP contribution in [-0.4, -0.2) is 179 Å². The number of rotatable bonds is 7. The molecule has 17 fully saturated rings. The Bertz CT molecular complexity index is 5030. The lowest BCUT2D eigenvalue weighted by Crippen LogP contribution is -2.75. The van der Waals surface area contributed by atoms with Crippen molar-refractivity contribution >= 4 is 134 Å². The van der Waals surface area contributed by atoms with Crippen molar-refractivity contribution in [3.8, 4) is 70.3 Å². The molecule has 4 aromatic carbocycles. The third-order valence-corrected chi connectivity index (χ3v) is 39.7. The normalized spacial score (nSPS) is 38.6. The molecular weight excluding hydrogens is 1590 g/mol. The zero-order valence-electron chi connectivity index (χ0n) is 62.0. The summed E-state index contributed by atoms with van der Waals surface area (Å²) in [5, 5.41) is 40.4. The maximum Gasteiger partial charge on any atom is 0.261 e. The van der Waals surface area contributed by atoms with E-state index >= 15 is 0 Å². The lowest BCUT2D eigenvalue weighted by Gasteiger charge is -2.58. The molecule has 112 heavy (non-hydrogen) atoms. The molecule has 20 aliphatic heterocycles. The van der Waals surface area contributed by atoms with E-state index in [0.717, 1.165) is 35.1 Å². The molecule has 0 aromatic heterocycles. The fourth-order valence-electron chi connectivity index (χ4n) is 19.0. The summed E-state index contributed by atoms with van der Waals surface area (Å²) in [4.78, 5) is 113. The summed E-state index contributed by atoms with van der Waals surface area (Å²) in [5.74, 6) is 4.11. The first-order valence-electron chi connectivity index (χ1n) is 36.1. The summed E-state index contributed by atoms with van der Waals surface area (Å²) in [5.41, 5.74) is -0.480. The monoisotopic (exact) mass is 1660 g/mol. The van der Waals surface area contributed by atoms with E-state index in [1.54, 1.807) is 83.6 Å². The summed E-state index contributed by atoms with van der Waals surface area (Å²) in [6.07, 6.45) is 4.68. The molecule has 0 radical (unpaired) electrons. The average Bonchev–Trinajstić information content (AvgIpc) is 1.50. The highest BCUT2D eigenvalue weighted by Gasteiger charge is 2.80. The number of amides is 8. The molecule has 16 saturated heterocycles. The van der Waals surface area contributed by atoms with E-state index in [0.29, 0.717) is 59.0 Å². The van der Waals surface area contributed by atoms with Crippen LogP contribution in [0.4, 0.5) is 0 Å². The van der Waals surface area contributed by atoms with Gasteiger partial charge in [-0.25, -0.2) is 0 Å². The Hall–Kier alpha value is -8.46. The van der Waals surface area contributed by atoms with Gasteiger partial charge in [0.2, 0.25) is 27.2 Å². The van der Waals surface area contributed by atoms with Crippen LogP contribution in [0.2, 0.25) is 0 Å². The molecule has 16 atom stereocenters. The molecule has 21 aliphatic rings. The smallest absolute Gasteiger partial charge is 0.261 e. The first-order chi connectivity index (χ1) is 53.2. The quantitative estimate of drug-likeness (QED) is 0.122. The number of nitriles is 4. The Morgan fingerprint density at radius 1 is 0.366 bits per heavy atom. The number of carbonyl (C=O) groups excluding carboxylic acids is 8. The molecule has 28 nitrogen and oxygen atoms in total. The third kappa shape index (κ3) is 9.69. The van der Waals surface area contributed by atoms with Crippen LogP contribution >= 0.6 is 86.4 Å². The lowest BCUT2D eigenvalue weighted by atomic mass is 9.79. The fraction of sp³-hybridized carbons (Fsp3) is 0.500. The molecule has 20 heterocycles. The Morgan fingerprint density at radius 2 is 0.634 bits per heavy atom. The third-order valence-electron chi connectivity index (χ3n) is 25.0. The minimum Gasteiger partial charge on any atom is -0.454 e. The van der Waals surface area contributed by atoms with E-state index in [9.17, 15) is 59.4 Å². The van der Waals surface area contributed by atoms with E-state index < -0.39 is 84.8 Å². The summed E-state index contributed by atoms with van der Waals surface area (Å²) in [6, 6.07) is 29.6. The van der Waals surface area contributed by atoms with Gasteiger partial charge in [0.1, 0.15) is 0 Å². The van der Waals surface area contributed by atoms with Gasteiger partial charge in [0.05, 0.1) is 70.1 Å². The van der Waals surface area contributed by atoms with Crippen molar-refractivity contribution in [3.05, 3.63) is 108 Å². The number of likely N-dealkylation sites (N-methyl/N-ethyl adjacent to an activating group) is 2. The second kappa shape index (κ2) is 24.8. The van der Waals surface area contributed by atoms with Crippen LogP contribution in [0.3, 0.4) is 0 Å². The van der Waals surface area contributed by atoms with Crippen molar-refractivity contribution in [2.24, 2.45) is 21.7 Å². The Kier molecular flexibility index (Phi) is 16.6. The number of hydrogen-bond donors (Lipinski definition) is 0. The van der Waals surface area contributed by atoms with E-state index in [1.807, 2.05) is 94.1 Å². The van der Waals surface area contributed by atoms with Gasteiger partial charge < -0.3 is 77.1 Å². The highest BCUT2D eigenvalue weighted by Crippen LogP contribution is 2.75. The van der Waals surface area contributed by atoms with E-state index in [4.69, 9.17) is 37.9 Å². The van der Waals surface area contributed by atoms with Crippen LogP contribution in [0.5, 0.6) is 46.0 Å². The number of hydrogen-bond acceptors (Lipinski definition) is 28. The second-order valence-corrected chi connectivity index (χ2v) is 43.4. The van der Waals surface area contributed by atoms with E-state index in [1.165, 1.54) is 96.2 Å². The predicted octanol–water partition coefficient (Wildman–Crippen LogP) is 11.1. The fourth-order valence-corrected chi connectivity index (χ4v) is 33.3. The van der Waals surface area contributed by atoms with Gasteiger partial charge in [0.15, 0.2) is 85.0 Å². The van der Waals surface area contributed by atoms with Crippen molar-refractivity contribution < 1.29 is 76.3 Å². The molecule has 8 bridgehead atoms. The topological polar surface area (TPSA) is 331 Å². The SMILES string of the molecule is C=CCN1C(=O)[C@@]23C[C@](C)(C#N)C(c4ccc5c(c4)OCO5)N2C(=O)[C@@]1(C)SS3.CN1C(=O)[C@@]23C[C@](C)(C#N)[C@H](c4ccc5c(c4)OCO5)N2C(=O)[C@]1(C)SS3.CN1C(=O)[C@]23C[C@@](C)(C#N)[C@@H](c4ccc5c(c4)OCO5)N2C(=O)[C@@]1(C)SS3.C[C@]1(C#N)C[C@@]23SS[C@](C)(C(=O)N2C1c1ccc2c(c1)OCO2)N(C1CC1)C3=O. The summed E-state index contributed by atoms with van der Waals surface area (Å²) < 4.78 is 43.6. The Labute approximate surface area is 675 Å². The highest BCUT2D eigenvalue weighted by molar-refractivity contribution is 8.79. The molecule has 36 heteroatoms. The van der Waals surface area contributed by atoms with Crippen LogP contribution < -0.4 is 37.9 Å². The lowest BCUT2D eigenvalue weighted by molar-refractivity contribution is -0.166. The number of piperazine rings is 4. The molecule has 4 aromatic rings. The van der Waals surface area contributed by atoms with Gasteiger partial charge in [-0.15, -0.1) is 6.58 Å². The molecule has 1 saturated carbocycles. The average molecular weight is 1670 g/mol. The van der Waals surface area contributed by atoms with Crippen LogP contribution in [0.15, 0.2) is 85.5 Å². The van der Waals surface area contributed by atoms with Gasteiger partial charge in [-0.05, 0) is 139 Å². The first-order valence-corrected chi connectivity index (χ1v) is 44.7. The van der Waals surface area contributed by atoms with Gasteiger partial charge in [-0.3, -0.25) is 38.4 Å². The maximum absolute atomic E-state index is 13.8. The van der Waals surface area contributed by atoms with Crippen molar-refractivity contribution in [3.63, 3.8) is 0 Å². The predicted molar refractivity (Wildman–Crippen MR) is 415 cm³/mol. The van der Waals surface area contributed by atoms with Gasteiger partial charge in [-0.1, -0.05) is 117 Å². The summed E-state index contributed by atoms with van der Waals surface area (Å²) in [6.45, 7) is 19.2. The van der Waals surface area contributed by atoms with Gasteiger partial charge in [0.25, 0.3) is 47.3 Å². The van der Waals surface area contributed by atoms with Crippen LogP contribution in [0.25, 0.3) is 0 Å². The second-order valence-electron chi connectivity index (χ2n) is 32.2. The molecule has 580 valence electrons. The number of ether oxygens (including phenoxy) is 8. The van der Waals surface area contributed by atoms with Crippen molar-refractivity contribution in [1.29, 1.82) is 21.0 Å². The van der Waals surface area contributed by atoms with Crippen LogP contribution in [-0.2, 0) is 38.4 Å². The molecule has 1 aliphatic carbocycles. The van der Waals surface area contributed by atoms with Crippen molar-refractivity contribution in [2.75, 3.05) is 47.8 Å². The molecule has 25 rings (SSSR count). The van der Waals surface area contributed by atoms with Gasteiger partial charge in [-0.2, -0.15) is 21.0 Å². The van der Waals surface area contributed by atoms with Gasteiger partial charge in [0, 0.05) is 52.4 Å². The minimum absolute atomic E-state index is 0.0180. The van der Waals surface area contributed by atoms with E-state index in [-0.39, 0.29) is 99.7 Å². The van der Waals surface area contributed by atoms with Crippen LogP contribution in [0.1, 0.15) is 140 Å². The molecule has 2 unspecified atom stereocenters. The zero-order chi connectivity index (χ0) is 79.2. The minimum atomic E-state index is -1.10. The van der Waals surface area contributed by atoms with E-state index in [2.05, 4.69) is 30.9 Å². The summed E-state index contributed by atoms with van der Waals surface area (Å²) >= 11 is 0. The largest absolute Gasteiger partial charge is 0.454 e. The highest BCUT2D eigenvalue weighted by atomic mass is 33.1. The maximum atomic E-state index is 13.8. The molecule has 8 amide bonds. The molecular formula is C76H72N12O16S8. The molecule has 4 spiro atoms. The number of benzene rings is 4. The van der Waals surface area contributed by atoms with Crippen molar-refractivity contribution in [2.45, 2.75) is 163 Å². The van der Waals surface area contributed by atoms with Crippen LogP contribution in [0, 0.1) is 67.0 Å². The number of nitrogens with zero attached hydrogens (tertiary/aromatic N) is 12. The van der Waals surface area contributed by atoms with Gasteiger partial charge >= 0.3 is 0 Å². The summed E-state index contributed by atoms with van der Waals surface area (Å²) in [7, 11) is 14.7. The number of carbonyl (C=O) groups is 8. The Balaban J connectivity index is 0.000000104.